The molecule has 0 aliphatic heterocycles. The van der Waals surface area contributed by atoms with Gasteiger partial charge in [0.2, 0.25) is 0 Å². The lowest BCUT2D eigenvalue weighted by atomic mass is 10.0. The zero-order valence-corrected chi connectivity index (χ0v) is 10.2. The summed E-state index contributed by atoms with van der Waals surface area (Å²) in [5.74, 6) is 0. The molecule has 1 N–H and O–H groups in total. The Balaban J connectivity index is 1.95. The summed E-state index contributed by atoms with van der Waals surface area (Å²) in [5, 5.41) is 1.29. The van der Waals surface area contributed by atoms with Crippen LogP contribution in [0.2, 0.25) is 0 Å². The van der Waals surface area contributed by atoms with Crippen molar-refractivity contribution in [1.82, 2.24) is 4.98 Å². The van der Waals surface area contributed by atoms with E-state index in [1.54, 1.807) is 5.56 Å². The molecule has 0 radical (unpaired) electrons. The first kappa shape index (κ1) is 9.95. The van der Waals surface area contributed by atoms with Crippen LogP contribution in [0.1, 0.15) is 17.5 Å². The summed E-state index contributed by atoms with van der Waals surface area (Å²) in [6.07, 6.45) is 3.76. The van der Waals surface area contributed by atoms with Gasteiger partial charge in [0.25, 0.3) is 0 Å². The smallest absolute Gasteiger partial charge is 0.0467 e. The molecule has 0 bridgehead atoms. The quantitative estimate of drug-likeness (QED) is 0.644. The molecule has 0 spiro atoms. The maximum Gasteiger partial charge on any atom is 0.0467 e. The van der Waals surface area contributed by atoms with Crippen LogP contribution in [0.3, 0.4) is 0 Å². The van der Waals surface area contributed by atoms with Crippen molar-refractivity contribution in [3.63, 3.8) is 0 Å². The molecule has 1 nitrogen and oxygen atoms in total. The monoisotopic (exact) mass is 233 g/mol. The van der Waals surface area contributed by atoms with Gasteiger partial charge >= 0.3 is 0 Å². The molecule has 0 unspecified atom stereocenters. The fraction of sp³-hybridized carbons (Fsp3) is 0.176. The SMILES string of the molecule is c1cc2c(c(-c3cc4ccccc4[nH]3)c1)CCC2. The summed E-state index contributed by atoms with van der Waals surface area (Å²) in [5.41, 5.74) is 6.95. The predicted molar refractivity (Wildman–Crippen MR) is 75.8 cm³/mol. The van der Waals surface area contributed by atoms with Crippen LogP contribution in [-0.4, -0.2) is 4.98 Å². The van der Waals surface area contributed by atoms with Gasteiger partial charge in [-0.05, 0) is 42.5 Å². The highest BCUT2D eigenvalue weighted by atomic mass is 14.7. The number of aryl methyl sites for hydroxylation is 1. The lowest BCUT2D eigenvalue weighted by molar-refractivity contribution is 0.912. The first-order chi connectivity index (χ1) is 8.92. The van der Waals surface area contributed by atoms with Gasteiger partial charge in [0.05, 0.1) is 0 Å². The van der Waals surface area contributed by atoms with E-state index in [1.165, 1.54) is 47.0 Å². The van der Waals surface area contributed by atoms with Crippen LogP contribution in [0.4, 0.5) is 0 Å². The van der Waals surface area contributed by atoms with Crippen LogP contribution in [0.15, 0.2) is 48.5 Å². The molecule has 1 heterocycles. The minimum absolute atomic E-state index is 1.22. The van der Waals surface area contributed by atoms with Crippen molar-refractivity contribution in [2.45, 2.75) is 19.3 Å². The Hall–Kier alpha value is -2.02. The largest absolute Gasteiger partial charge is 0.355 e. The lowest BCUT2D eigenvalue weighted by Gasteiger charge is -2.06. The minimum atomic E-state index is 1.22. The van der Waals surface area contributed by atoms with Gasteiger partial charge in [-0.1, -0.05) is 36.4 Å². The molecule has 1 aliphatic carbocycles. The van der Waals surface area contributed by atoms with E-state index in [4.69, 9.17) is 0 Å². The number of aromatic nitrogens is 1. The topological polar surface area (TPSA) is 15.8 Å². The van der Waals surface area contributed by atoms with Crippen LogP contribution in [0.5, 0.6) is 0 Å². The molecule has 0 atom stereocenters. The average Bonchev–Trinajstić information content (AvgIpc) is 3.04. The molecule has 1 aromatic heterocycles. The number of aromatic amines is 1. The number of hydrogen-bond donors (Lipinski definition) is 1. The number of fused-ring (bicyclic) bond motifs is 2. The number of para-hydroxylation sites is 1. The molecule has 0 amide bonds. The third kappa shape index (κ3) is 1.40. The van der Waals surface area contributed by atoms with Crippen LogP contribution in [0.25, 0.3) is 22.2 Å². The van der Waals surface area contributed by atoms with Gasteiger partial charge in [-0.25, -0.2) is 0 Å². The Labute approximate surface area is 106 Å². The van der Waals surface area contributed by atoms with Crippen molar-refractivity contribution in [3.05, 3.63) is 59.7 Å². The van der Waals surface area contributed by atoms with E-state index in [-0.39, 0.29) is 0 Å². The second kappa shape index (κ2) is 3.74. The first-order valence-corrected chi connectivity index (χ1v) is 6.61. The van der Waals surface area contributed by atoms with Gasteiger partial charge < -0.3 is 4.98 Å². The summed E-state index contributed by atoms with van der Waals surface area (Å²) in [4.78, 5) is 3.54. The van der Waals surface area contributed by atoms with Crippen LogP contribution >= 0.6 is 0 Å². The molecule has 0 saturated heterocycles. The van der Waals surface area contributed by atoms with E-state index in [2.05, 4.69) is 53.5 Å². The number of nitrogens with one attached hydrogen (secondary N) is 1. The molecule has 3 aromatic rings. The van der Waals surface area contributed by atoms with Crippen molar-refractivity contribution in [1.29, 1.82) is 0 Å². The first-order valence-electron chi connectivity index (χ1n) is 6.61. The standard InChI is InChI=1S/C17H15N/c1-2-10-16-13(5-1)11-17(18-16)15-9-4-7-12-6-3-8-14(12)15/h1-2,4-5,7,9-11,18H,3,6,8H2. The Kier molecular flexibility index (Phi) is 2.07. The number of H-pyrrole nitrogens is 1. The van der Waals surface area contributed by atoms with E-state index in [0.29, 0.717) is 0 Å². The maximum absolute atomic E-state index is 3.54. The molecule has 0 fully saturated rings. The summed E-state index contributed by atoms with van der Waals surface area (Å²) >= 11 is 0. The van der Waals surface area contributed by atoms with Crippen molar-refractivity contribution >= 4 is 10.9 Å². The Morgan fingerprint density at radius 2 is 1.83 bits per heavy atom. The van der Waals surface area contributed by atoms with Gasteiger partial charge in [0, 0.05) is 22.2 Å². The van der Waals surface area contributed by atoms with Crippen LogP contribution in [-0.2, 0) is 12.8 Å². The van der Waals surface area contributed by atoms with Gasteiger partial charge in [-0.15, -0.1) is 0 Å². The molecule has 0 saturated carbocycles. The Morgan fingerprint density at radius 1 is 0.889 bits per heavy atom. The number of hydrogen-bond acceptors (Lipinski definition) is 0. The second-order valence-electron chi connectivity index (χ2n) is 5.07. The number of benzene rings is 2. The van der Waals surface area contributed by atoms with Crippen LogP contribution < -0.4 is 0 Å². The molecule has 88 valence electrons. The molecular formula is C17H15N. The van der Waals surface area contributed by atoms with Crippen molar-refractivity contribution in [2.75, 3.05) is 0 Å². The third-order valence-electron chi connectivity index (χ3n) is 3.97. The second-order valence-corrected chi connectivity index (χ2v) is 5.07. The zero-order chi connectivity index (χ0) is 11.9. The van der Waals surface area contributed by atoms with E-state index in [9.17, 15) is 0 Å². The van der Waals surface area contributed by atoms with E-state index in [0.717, 1.165) is 0 Å². The molecule has 1 heteroatoms. The van der Waals surface area contributed by atoms with E-state index >= 15 is 0 Å². The maximum atomic E-state index is 3.54. The van der Waals surface area contributed by atoms with E-state index in [1.807, 2.05) is 0 Å². The van der Waals surface area contributed by atoms with Crippen molar-refractivity contribution < 1.29 is 0 Å². The lowest BCUT2D eigenvalue weighted by Crippen LogP contribution is -1.87. The van der Waals surface area contributed by atoms with Gasteiger partial charge in [0.15, 0.2) is 0 Å². The molecule has 4 rings (SSSR count). The highest BCUT2D eigenvalue weighted by Crippen LogP contribution is 2.33. The Morgan fingerprint density at radius 3 is 2.78 bits per heavy atom. The molecule has 1 aliphatic rings. The summed E-state index contributed by atoms with van der Waals surface area (Å²) < 4.78 is 0. The van der Waals surface area contributed by atoms with Gasteiger partial charge in [-0.2, -0.15) is 0 Å². The predicted octanol–water partition coefficient (Wildman–Crippen LogP) is 4.32. The fourth-order valence-corrected chi connectivity index (χ4v) is 3.09. The average molecular weight is 233 g/mol. The zero-order valence-electron chi connectivity index (χ0n) is 10.2. The minimum Gasteiger partial charge on any atom is -0.355 e. The van der Waals surface area contributed by atoms with Crippen LogP contribution in [0, 0.1) is 0 Å². The number of rotatable bonds is 1. The normalized spacial score (nSPS) is 14.0. The molecule has 2 aromatic carbocycles. The van der Waals surface area contributed by atoms with Gasteiger partial charge in [0.1, 0.15) is 0 Å². The Bertz CT molecular complexity index is 688. The van der Waals surface area contributed by atoms with Crippen molar-refractivity contribution in [2.24, 2.45) is 0 Å². The third-order valence-corrected chi connectivity index (χ3v) is 3.97. The fourth-order valence-electron chi connectivity index (χ4n) is 3.09. The van der Waals surface area contributed by atoms with Gasteiger partial charge in [-0.3, -0.25) is 0 Å². The summed E-state index contributed by atoms with van der Waals surface area (Å²) in [6.45, 7) is 0. The highest BCUT2D eigenvalue weighted by molar-refractivity contribution is 5.86. The molecule has 18 heavy (non-hydrogen) atoms. The summed E-state index contributed by atoms with van der Waals surface area (Å²) in [7, 11) is 0. The summed E-state index contributed by atoms with van der Waals surface area (Å²) in [6, 6.07) is 17.4. The van der Waals surface area contributed by atoms with Crippen molar-refractivity contribution in [3.8, 4) is 11.3 Å². The van der Waals surface area contributed by atoms with E-state index < -0.39 is 0 Å². The highest BCUT2D eigenvalue weighted by Gasteiger charge is 2.16. The molecular weight excluding hydrogens is 218 g/mol.